The summed E-state index contributed by atoms with van der Waals surface area (Å²) in [6.07, 6.45) is 3.46. The third kappa shape index (κ3) is 3.72. The number of methoxy groups -OCH3 is 1. The molecule has 0 saturated heterocycles. The topological polar surface area (TPSA) is 93.8 Å². The van der Waals surface area contributed by atoms with Crippen LogP contribution in [-0.2, 0) is 9.53 Å². The first kappa shape index (κ1) is 17.6. The molecule has 0 spiro atoms. The fraction of sp³-hybridized carbons (Fsp3) is 0.263. The molecule has 7 nitrogen and oxygen atoms in total. The first-order valence-corrected chi connectivity index (χ1v) is 8.19. The molecule has 2 aromatic rings. The first-order chi connectivity index (χ1) is 12.6. The third-order valence-corrected chi connectivity index (χ3v) is 4.08. The number of hydrogen-bond donors (Lipinski definition) is 1. The van der Waals surface area contributed by atoms with Crippen LogP contribution in [0.1, 0.15) is 16.1 Å². The first-order valence-electron chi connectivity index (χ1n) is 8.19. The molecular formula is C19H19N3O4. The van der Waals surface area contributed by atoms with E-state index in [2.05, 4.69) is 15.5 Å². The predicted octanol–water partition coefficient (Wildman–Crippen LogP) is 2.18. The lowest BCUT2D eigenvalue weighted by Gasteiger charge is -2.14. The molecule has 0 radical (unpaired) electrons. The molecule has 0 bridgehead atoms. The second kappa shape index (κ2) is 7.77. The number of esters is 1. The SMILES string of the molecule is COC(=O)C1C=CC(CNC(=O)c2c(-c3ccccc3)noc2C)=NC1. The molecule has 2 heterocycles. The standard InChI is InChI=1S/C19H19N3O4/c1-12-16(17(22-26-12)13-6-4-3-5-7-13)18(23)21-11-15-9-8-14(10-20-15)19(24)25-2/h3-9,14H,10-11H2,1-2H3,(H,21,23). The number of aryl methyl sites for hydroxylation is 1. The molecule has 134 valence electrons. The van der Waals surface area contributed by atoms with Gasteiger partial charge >= 0.3 is 5.97 Å². The number of benzene rings is 1. The third-order valence-electron chi connectivity index (χ3n) is 4.08. The van der Waals surface area contributed by atoms with E-state index in [1.54, 1.807) is 19.1 Å². The van der Waals surface area contributed by atoms with Crippen molar-refractivity contribution >= 4 is 17.6 Å². The smallest absolute Gasteiger partial charge is 0.314 e. The number of ether oxygens (including phenoxy) is 1. The van der Waals surface area contributed by atoms with E-state index in [-0.39, 0.29) is 24.3 Å². The summed E-state index contributed by atoms with van der Waals surface area (Å²) in [6, 6.07) is 9.38. The van der Waals surface area contributed by atoms with E-state index in [0.717, 1.165) is 5.56 Å². The van der Waals surface area contributed by atoms with Gasteiger partial charge in [0.25, 0.3) is 5.91 Å². The van der Waals surface area contributed by atoms with Crippen molar-refractivity contribution in [2.75, 3.05) is 20.2 Å². The molecule has 0 saturated carbocycles. The molecule has 1 aromatic carbocycles. The number of carbonyl (C=O) groups is 2. The highest BCUT2D eigenvalue weighted by molar-refractivity contribution is 6.05. The van der Waals surface area contributed by atoms with E-state index < -0.39 is 0 Å². The zero-order valence-electron chi connectivity index (χ0n) is 14.6. The Balaban J connectivity index is 1.67. The van der Waals surface area contributed by atoms with Crippen LogP contribution in [0, 0.1) is 12.8 Å². The van der Waals surface area contributed by atoms with Gasteiger partial charge in [0.05, 0.1) is 31.8 Å². The number of aliphatic imine (C=N–C) groups is 1. The van der Waals surface area contributed by atoms with Crippen molar-refractivity contribution in [1.82, 2.24) is 10.5 Å². The van der Waals surface area contributed by atoms with E-state index in [4.69, 9.17) is 9.26 Å². The van der Waals surface area contributed by atoms with Gasteiger partial charge in [-0.15, -0.1) is 0 Å². The molecule has 3 rings (SSSR count). The number of nitrogens with one attached hydrogen (secondary N) is 1. The molecule has 1 unspecified atom stereocenters. The number of carbonyl (C=O) groups excluding carboxylic acids is 2. The van der Waals surface area contributed by atoms with E-state index in [1.165, 1.54) is 7.11 Å². The maximum atomic E-state index is 12.6. The minimum absolute atomic E-state index is 0.252. The second-order valence-corrected chi connectivity index (χ2v) is 5.83. The lowest BCUT2D eigenvalue weighted by Crippen LogP contribution is -2.31. The van der Waals surface area contributed by atoms with Crippen LogP contribution < -0.4 is 5.32 Å². The average molecular weight is 353 g/mol. The molecule has 0 fully saturated rings. The maximum Gasteiger partial charge on any atom is 0.314 e. The molecule has 1 N–H and O–H groups in total. The van der Waals surface area contributed by atoms with E-state index in [1.807, 2.05) is 30.3 Å². The second-order valence-electron chi connectivity index (χ2n) is 5.83. The largest absolute Gasteiger partial charge is 0.469 e. The van der Waals surface area contributed by atoms with E-state index in [0.29, 0.717) is 29.3 Å². The van der Waals surface area contributed by atoms with Crippen LogP contribution >= 0.6 is 0 Å². The van der Waals surface area contributed by atoms with Gasteiger partial charge in [0, 0.05) is 5.56 Å². The van der Waals surface area contributed by atoms with E-state index in [9.17, 15) is 9.59 Å². The molecule has 1 atom stereocenters. The molecular weight excluding hydrogens is 334 g/mol. The molecule has 1 aromatic heterocycles. The number of nitrogens with zero attached hydrogens (tertiary/aromatic N) is 2. The Morgan fingerprint density at radius 1 is 1.31 bits per heavy atom. The van der Waals surface area contributed by atoms with Gasteiger partial charge in [-0.1, -0.05) is 41.6 Å². The Morgan fingerprint density at radius 3 is 2.73 bits per heavy atom. The van der Waals surface area contributed by atoms with Crippen LogP contribution in [0.5, 0.6) is 0 Å². The van der Waals surface area contributed by atoms with Crippen molar-refractivity contribution in [1.29, 1.82) is 0 Å². The van der Waals surface area contributed by atoms with Crippen LogP contribution in [0.15, 0.2) is 52.0 Å². The van der Waals surface area contributed by atoms with Gasteiger partial charge in [0.1, 0.15) is 17.0 Å². The van der Waals surface area contributed by atoms with Gasteiger partial charge in [-0.2, -0.15) is 0 Å². The fourth-order valence-electron chi connectivity index (χ4n) is 2.67. The number of dihydropyridines is 1. The Kier molecular flexibility index (Phi) is 5.26. The summed E-state index contributed by atoms with van der Waals surface area (Å²) in [5, 5.41) is 6.84. The van der Waals surface area contributed by atoms with Crippen molar-refractivity contribution in [2.45, 2.75) is 6.92 Å². The highest BCUT2D eigenvalue weighted by Crippen LogP contribution is 2.24. The van der Waals surface area contributed by atoms with Gasteiger partial charge in [-0.3, -0.25) is 14.6 Å². The van der Waals surface area contributed by atoms with Crippen LogP contribution in [0.3, 0.4) is 0 Å². The zero-order chi connectivity index (χ0) is 18.5. The molecule has 1 aliphatic rings. The minimum Gasteiger partial charge on any atom is -0.469 e. The van der Waals surface area contributed by atoms with Crippen LogP contribution in [0.4, 0.5) is 0 Å². The van der Waals surface area contributed by atoms with Crippen LogP contribution in [0.2, 0.25) is 0 Å². The van der Waals surface area contributed by atoms with E-state index >= 15 is 0 Å². The van der Waals surface area contributed by atoms with Crippen molar-refractivity contribution in [3.63, 3.8) is 0 Å². The molecule has 0 aliphatic carbocycles. The summed E-state index contributed by atoms with van der Waals surface area (Å²) in [7, 11) is 1.35. The Morgan fingerprint density at radius 2 is 2.08 bits per heavy atom. The number of aromatic nitrogens is 1. The number of rotatable bonds is 5. The van der Waals surface area contributed by atoms with Crippen LogP contribution in [-0.4, -0.2) is 42.9 Å². The highest BCUT2D eigenvalue weighted by Gasteiger charge is 2.22. The summed E-state index contributed by atoms with van der Waals surface area (Å²) in [6.45, 7) is 2.27. The molecule has 1 aliphatic heterocycles. The highest BCUT2D eigenvalue weighted by atomic mass is 16.5. The van der Waals surface area contributed by atoms with Gasteiger partial charge in [-0.25, -0.2) is 0 Å². The summed E-state index contributed by atoms with van der Waals surface area (Å²) in [5.41, 5.74) is 2.41. The molecule has 26 heavy (non-hydrogen) atoms. The van der Waals surface area contributed by atoms with Crippen molar-refractivity contribution < 1.29 is 18.8 Å². The maximum absolute atomic E-state index is 12.6. The molecule has 1 amide bonds. The minimum atomic E-state index is -0.371. The Bertz CT molecular complexity index is 868. The number of hydrogen-bond acceptors (Lipinski definition) is 6. The lowest BCUT2D eigenvalue weighted by molar-refractivity contribution is -0.143. The summed E-state index contributed by atoms with van der Waals surface area (Å²) < 4.78 is 9.90. The zero-order valence-corrected chi connectivity index (χ0v) is 14.6. The molecule has 7 heteroatoms. The number of amides is 1. The average Bonchev–Trinajstić information content (AvgIpc) is 3.08. The van der Waals surface area contributed by atoms with Crippen LogP contribution in [0.25, 0.3) is 11.3 Å². The Labute approximate surface area is 150 Å². The fourth-order valence-corrected chi connectivity index (χ4v) is 2.67. The summed E-state index contributed by atoms with van der Waals surface area (Å²) in [4.78, 5) is 28.4. The Hall–Kier alpha value is -3.22. The van der Waals surface area contributed by atoms with Gasteiger partial charge < -0.3 is 14.6 Å². The summed E-state index contributed by atoms with van der Waals surface area (Å²) >= 11 is 0. The monoisotopic (exact) mass is 353 g/mol. The van der Waals surface area contributed by atoms with Crippen molar-refractivity contribution in [3.8, 4) is 11.3 Å². The van der Waals surface area contributed by atoms with Gasteiger partial charge in [0.2, 0.25) is 0 Å². The lowest BCUT2D eigenvalue weighted by atomic mass is 10.0. The van der Waals surface area contributed by atoms with Gasteiger partial charge in [-0.05, 0) is 13.0 Å². The van der Waals surface area contributed by atoms with Gasteiger partial charge in [0.15, 0.2) is 0 Å². The quantitative estimate of drug-likeness (QED) is 0.832. The summed E-state index contributed by atoms with van der Waals surface area (Å²) in [5.74, 6) is -0.521. The normalized spacial score (nSPS) is 16.1. The van der Waals surface area contributed by atoms with Crippen molar-refractivity contribution in [2.24, 2.45) is 10.9 Å². The van der Waals surface area contributed by atoms with Crippen molar-refractivity contribution in [3.05, 3.63) is 53.8 Å². The predicted molar refractivity (Wildman–Crippen MR) is 96.0 cm³/mol.